The number of benzene rings is 1. The van der Waals surface area contributed by atoms with Crippen molar-refractivity contribution in [3.05, 3.63) is 46.7 Å². The number of hydrogen-bond donors (Lipinski definition) is 2. The third-order valence-corrected chi connectivity index (χ3v) is 5.49. The highest BCUT2D eigenvalue weighted by Gasteiger charge is 2.24. The van der Waals surface area contributed by atoms with Crippen molar-refractivity contribution in [2.45, 2.75) is 19.6 Å². The lowest BCUT2D eigenvalue weighted by molar-refractivity contribution is -0.903. The average molecular weight is 378 g/mol. The van der Waals surface area contributed by atoms with Crippen molar-refractivity contribution in [1.29, 1.82) is 0 Å². The van der Waals surface area contributed by atoms with E-state index in [4.69, 9.17) is 9.47 Å². The summed E-state index contributed by atoms with van der Waals surface area (Å²) in [7, 11) is 0. The number of nitrogens with zero attached hydrogens (tertiary/aromatic N) is 1. The van der Waals surface area contributed by atoms with Crippen molar-refractivity contribution in [1.82, 2.24) is 0 Å². The second-order valence-electron chi connectivity index (χ2n) is 6.59. The quantitative estimate of drug-likeness (QED) is 0.694. The summed E-state index contributed by atoms with van der Waals surface area (Å²) in [4.78, 5) is 5.02. The number of anilines is 1. The molecule has 0 amide bonds. The summed E-state index contributed by atoms with van der Waals surface area (Å²) in [6.07, 6.45) is -0.410. The van der Waals surface area contributed by atoms with Crippen molar-refractivity contribution in [2.24, 2.45) is 0 Å². The minimum atomic E-state index is -0.410. The standard InChI is InChI=1S/C20H28N2O3S/c1-2-25-20-8-4-3-7-19(20)22-11-9-21(10-12-22)14-17(23)15-24-16-18-6-5-13-26-18/h3-8,13,17,23H,2,9-12,14-16H2,1H3/p+1/t17-/m0/s1. The van der Waals surface area contributed by atoms with Gasteiger partial charge in [0.25, 0.3) is 0 Å². The summed E-state index contributed by atoms with van der Waals surface area (Å²) in [5.74, 6) is 0.959. The van der Waals surface area contributed by atoms with Crippen molar-refractivity contribution in [3.8, 4) is 5.75 Å². The van der Waals surface area contributed by atoms with Gasteiger partial charge < -0.3 is 24.4 Å². The first-order chi connectivity index (χ1) is 12.8. The van der Waals surface area contributed by atoms with Crippen LogP contribution in [-0.2, 0) is 11.3 Å². The fourth-order valence-electron chi connectivity index (χ4n) is 3.35. The van der Waals surface area contributed by atoms with Crippen LogP contribution in [0.5, 0.6) is 5.75 Å². The molecule has 2 heterocycles. The molecule has 1 atom stereocenters. The van der Waals surface area contributed by atoms with Crippen molar-refractivity contribution < 1.29 is 19.5 Å². The predicted molar refractivity (Wildman–Crippen MR) is 105 cm³/mol. The SMILES string of the molecule is CCOc1ccccc1N1CC[NH+](C[C@H](O)COCc2cccs2)CC1. The van der Waals surface area contributed by atoms with Gasteiger partial charge >= 0.3 is 0 Å². The molecule has 0 spiro atoms. The van der Waals surface area contributed by atoms with Gasteiger partial charge in [0, 0.05) is 4.88 Å². The Kier molecular flexibility index (Phi) is 7.32. The van der Waals surface area contributed by atoms with Crippen LogP contribution in [0.25, 0.3) is 0 Å². The Morgan fingerprint density at radius 2 is 2.00 bits per heavy atom. The molecule has 1 aromatic carbocycles. The lowest BCUT2D eigenvalue weighted by Crippen LogP contribution is -3.16. The maximum atomic E-state index is 10.3. The van der Waals surface area contributed by atoms with Gasteiger partial charge in [-0.3, -0.25) is 0 Å². The number of hydrogen-bond acceptors (Lipinski definition) is 5. The van der Waals surface area contributed by atoms with Crippen LogP contribution >= 0.6 is 11.3 Å². The molecule has 26 heavy (non-hydrogen) atoms. The molecule has 0 radical (unpaired) electrons. The summed E-state index contributed by atoms with van der Waals surface area (Å²) in [5.41, 5.74) is 1.17. The van der Waals surface area contributed by atoms with E-state index in [1.165, 1.54) is 15.5 Å². The number of para-hydroxylation sites is 2. The highest BCUT2D eigenvalue weighted by molar-refractivity contribution is 7.09. The zero-order valence-electron chi connectivity index (χ0n) is 15.4. The van der Waals surface area contributed by atoms with E-state index in [1.54, 1.807) is 11.3 Å². The zero-order valence-corrected chi connectivity index (χ0v) is 16.2. The first-order valence-electron chi connectivity index (χ1n) is 9.34. The van der Waals surface area contributed by atoms with Gasteiger partial charge in [0.2, 0.25) is 0 Å². The molecule has 0 saturated carbocycles. The molecular weight excluding hydrogens is 348 g/mol. The number of quaternary nitrogens is 1. The van der Waals surface area contributed by atoms with Gasteiger partial charge in [0.05, 0.1) is 51.7 Å². The Morgan fingerprint density at radius 3 is 2.73 bits per heavy atom. The summed E-state index contributed by atoms with van der Waals surface area (Å²) in [6, 6.07) is 12.3. The molecule has 2 aromatic rings. The van der Waals surface area contributed by atoms with Crippen LogP contribution in [0.3, 0.4) is 0 Å². The van der Waals surface area contributed by atoms with Crippen LogP contribution in [0.2, 0.25) is 0 Å². The van der Waals surface area contributed by atoms with E-state index in [9.17, 15) is 5.11 Å². The number of ether oxygens (including phenoxy) is 2. The first-order valence-corrected chi connectivity index (χ1v) is 10.2. The van der Waals surface area contributed by atoms with Gasteiger partial charge in [0.15, 0.2) is 0 Å². The highest BCUT2D eigenvalue weighted by Crippen LogP contribution is 2.27. The minimum absolute atomic E-state index is 0.401. The van der Waals surface area contributed by atoms with E-state index >= 15 is 0 Å². The molecule has 1 fully saturated rings. The number of piperazine rings is 1. The van der Waals surface area contributed by atoms with E-state index in [1.807, 2.05) is 30.5 Å². The largest absolute Gasteiger partial charge is 0.492 e. The predicted octanol–water partition coefficient (Wildman–Crippen LogP) is 1.43. The molecule has 6 heteroatoms. The fraction of sp³-hybridized carbons (Fsp3) is 0.500. The average Bonchev–Trinajstić information content (AvgIpc) is 3.17. The van der Waals surface area contributed by atoms with Gasteiger partial charge in [-0.2, -0.15) is 0 Å². The van der Waals surface area contributed by atoms with Gasteiger partial charge in [-0.1, -0.05) is 18.2 Å². The molecular formula is C20H29N2O3S+. The van der Waals surface area contributed by atoms with Crippen LogP contribution in [0.15, 0.2) is 41.8 Å². The van der Waals surface area contributed by atoms with Gasteiger partial charge in [0.1, 0.15) is 18.4 Å². The third-order valence-electron chi connectivity index (χ3n) is 4.64. The van der Waals surface area contributed by atoms with Crippen LogP contribution in [0.1, 0.15) is 11.8 Å². The lowest BCUT2D eigenvalue weighted by atomic mass is 10.2. The Hall–Kier alpha value is -1.60. The van der Waals surface area contributed by atoms with E-state index in [-0.39, 0.29) is 0 Å². The molecule has 3 rings (SSSR count). The molecule has 0 bridgehead atoms. The second kappa shape index (κ2) is 9.92. The second-order valence-corrected chi connectivity index (χ2v) is 7.62. The smallest absolute Gasteiger partial charge is 0.142 e. The summed E-state index contributed by atoms with van der Waals surface area (Å²) >= 11 is 1.69. The van der Waals surface area contributed by atoms with E-state index < -0.39 is 6.10 Å². The van der Waals surface area contributed by atoms with Crippen molar-refractivity contribution in [2.75, 3.05) is 50.8 Å². The van der Waals surface area contributed by atoms with Crippen molar-refractivity contribution >= 4 is 17.0 Å². The molecule has 5 nitrogen and oxygen atoms in total. The number of aliphatic hydroxyl groups excluding tert-OH is 1. The molecule has 0 unspecified atom stereocenters. The highest BCUT2D eigenvalue weighted by atomic mass is 32.1. The topological polar surface area (TPSA) is 46.4 Å². The Bertz CT molecular complexity index is 642. The Labute approximate surface area is 159 Å². The first kappa shape index (κ1) is 19.2. The molecule has 0 aliphatic carbocycles. The molecule has 1 saturated heterocycles. The third kappa shape index (κ3) is 5.45. The Balaban J connectivity index is 1.41. The molecule has 1 aromatic heterocycles. The maximum Gasteiger partial charge on any atom is 0.142 e. The zero-order chi connectivity index (χ0) is 18.2. The number of nitrogens with one attached hydrogen (secondary N) is 1. The summed E-state index contributed by atoms with van der Waals surface area (Å²) in [5, 5.41) is 12.3. The summed E-state index contributed by atoms with van der Waals surface area (Å²) < 4.78 is 11.4. The van der Waals surface area contributed by atoms with Gasteiger partial charge in [-0.25, -0.2) is 0 Å². The number of rotatable bonds is 9. The fourth-order valence-corrected chi connectivity index (χ4v) is 3.99. The van der Waals surface area contributed by atoms with Crippen LogP contribution in [-0.4, -0.2) is 57.1 Å². The summed E-state index contributed by atoms with van der Waals surface area (Å²) in [6.45, 7) is 8.41. The maximum absolute atomic E-state index is 10.3. The normalized spacial score (nSPS) is 16.6. The van der Waals surface area contributed by atoms with Crippen molar-refractivity contribution in [3.63, 3.8) is 0 Å². The molecule has 1 aliphatic heterocycles. The van der Waals surface area contributed by atoms with Crippen LogP contribution in [0.4, 0.5) is 5.69 Å². The van der Waals surface area contributed by atoms with Gasteiger partial charge in [-0.15, -0.1) is 11.3 Å². The van der Waals surface area contributed by atoms with Crippen LogP contribution < -0.4 is 14.5 Å². The monoisotopic (exact) mass is 377 g/mol. The Morgan fingerprint density at radius 1 is 1.19 bits per heavy atom. The minimum Gasteiger partial charge on any atom is -0.492 e. The number of thiophene rings is 1. The number of aliphatic hydroxyl groups is 1. The van der Waals surface area contributed by atoms with E-state index in [2.05, 4.69) is 23.1 Å². The van der Waals surface area contributed by atoms with Gasteiger partial charge in [-0.05, 0) is 30.5 Å². The molecule has 1 aliphatic rings. The lowest BCUT2D eigenvalue weighted by Gasteiger charge is -2.35. The molecule has 142 valence electrons. The molecule has 2 N–H and O–H groups in total. The van der Waals surface area contributed by atoms with Crippen LogP contribution in [0, 0.1) is 0 Å². The van der Waals surface area contributed by atoms with E-state index in [0.717, 1.165) is 38.5 Å². The van der Waals surface area contributed by atoms with E-state index in [0.29, 0.717) is 19.8 Å².